The molecule has 4 rings (SSSR count). The third-order valence-corrected chi connectivity index (χ3v) is 7.28. The number of carbonyl (C=O) groups excluding carboxylic acids is 1. The smallest absolute Gasteiger partial charge is 0.281 e. The summed E-state index contributed by atoms with van der Waals surface area (Å²) in [6, 6.07) is 15.6. The van der Waals surface area contributed by atoms with E-state index in [0.29, 0.717) is 24.0 Å². The minimum atomic E-state index is -4.21. The number of nitrogens with one attached hydrogen (secondary N) is 1. The number of sulfonamides is 1. The van der Waals surface area contributed by atoms with Crippen molar-refractivity contribution in [2.45, 2.75) is 44.7 Å². The molecule has 3 aromatic rings. The van der Waals surface area contributed by atoms with Crippen LogP contribution in [0.1, 0.15) is 43.1 Å². The average molecular weight is 480 g/mol. The van der Waals surface area contributed by atoms with Gasteiger partial charge in [-0.3, -0.25) is 4.79 Å². The van der Waals surface area contributed by atoms with Crippen molar-refractivity contribution in [3.05, 3.63) is 65.7 Å². The van der Waals surface area contributed by atoms with Gasteiger partial charge in [-0.05, 0) is 57.4 Å². The summed E-state index contributed by atoms with van der Waals surface area (Å²) >= 11 is 0. The molecule has 3 heterocycles. The number of anilines is 2. The van der Waals surface area contributed by atoms with Crippen LogP contribution in [0.15, 0.2) is 59.6 Å². The molecule has 1 unspecified atom stereocenters. The lowest BCUT2D eigenvalue weighted by molar-refractivity contribution is 0.0981. The van der Waals surface area contributed by atoms with Crippen LogP contribution in [0.2, 0.25) is 0 Å². The zero-order valence-corrected chi connectivity index (χ0v) is 20.6. The molecule has 1 saturated heterocycles. The van der Waals surface area contributed by atoms with Crippen molar-refractivity contribution in [3.8, 4) is 11.3 Å². The van der Waals surface area contributed by atoms with E-state index in [-0.39, 0.29) is 21.9 Å². The summed E-state index contributed by atoms with van der Waals surface area (Å²) in [5.74, 6) is 0.141. The minimum absolute atomic E-state index is 0.0490. The number of carbonyl (C=O) groups is 1. The zero-order valence-electron chi connectivity index (χ0n) is 19.7. The van der Waals surface area contributed by atoms with Crippen LogP contribution in [0, 0.1) is 12.8 Å². The van der Waals surface area contributed by atoms with Crippen LogP contribution in [-0.4, -0.2) is 36.4 Å². The van der Waals surface area contributed by atoms with E-state index in [9.17, 15) is 13.2 Å². The van der Waals surface area contributed by atoms with Crippen LogP contribution in [0.5, 0.6) is 0 Å². The second-order valence-electron chi connectivity index (χ2n) is 9.50. The molecule has 0 spiro atoms. The number of amides is 1. The molecule has 3 N–H and O–H groups in total. The van der Waals surface area contributed by atoms with Gasteiger partial charge in [0.25, 0.3) is 15.9 Å². The number of aromatic nitrogens is 2. The predicted octanol–water partition coefficient (Wildman–Crippen LogP) is 3.78. The average Bonchev–Trinajstić information content (AvgIpc) is 3.05. The molecule has 1 aliphatic rings. The van der Waals surface area contributed by atoms with Gasteiger partial charge in [-0.15, -0.1) is 0 Å². The Labute approximate surface area is 200 Å². The number of rotatable bonds is 5. The largest absolute Gasteiger partial charge is 0.384 e. The number of pyridine rings is 2. The molecule has 8 nitrogen and oxygen atoms in total. The predicted molar refractivity (Wildman–Crippen MR) is 133 cm³/mol. The van der Waals surface area contributed by atoms with Gasteiger partial charge in [0.2, 0.25) is 0 Å². The van der Waals surface area contributed by atoms with E-state index in [1.165, 1.54) is 18.2 Å². The minimum Gasteiger partial charge on any atom is -0.384 e. The SMILES string of the molecule is Cc1ccc(-c2ccc(C(=O)NS(=O)(=O)c3cccc(N)n3)c(N3CC(C)CC3(C)C)n2)cc1. The molecule has 34 heavy (non-hydrogen) atoms. The van der Waals surface area contributed by atoms with Crippen molar-refractivity contribution in [1.29, 1.82) is 0 Å². The standard InChI is InChI=1S/C25H29N5O3S/c1-16-8-10-18(11-9-16)20-13-12-19(23(27-20)30-15-17(2)14-25(30,3)4)24(31)29-34(32,33)22-7-5-6-21(26)28-22/h5-13,17H,14-15H2,1-4H3,(H2,26,28)(H,29,31). The Morgan fingerprint density at radius 3 is 2.41 bits per heavy atom. The van der Waals surface area contributed by atoms with E-state index in [4.69, 9.17) is 10.7 Å². The summed E-state index contributed by atoms with van der Waals surface area (Å²) in [4.78, 5) is 24.0. The number of nitrogens with two attached hydrogens (primary N) is 1. The molecular formula is C25H29N5O3S. The number of nitrogens with zero attached hydrogens (tertiary/aromatic N) is 3. The maximum Gasteiger partial charge on any atom is 0.281 e. The molecule has 0 radical (unpaired) electrons. The highest BCUT2D eigenvalue weighted by molar-refractivity contribution is 7.90. The molecule has 1 aliphatic heterocycles. The maximum absolute atomic E-state index is 13.3. The lowest BCUT2D eigenvalue weighted by atomic mass is 9.97. The Bertz CT molecular complexity index is 1340. The van der Waals surface area contributed by atoms with E-state index in [2.05, 4.69) is 35.4 Å². The summed E-state index contributed by atoms with van der Waals surface area (Å²) in [6.07, 6.45) is 0.927. The molecule has 2 aromatic heterocycles. The van der Waals surface area contributed by atoms with Gasteiger partial charge in [0, 0.05) is 17.6 Å². The lowest BCUT2D eigenvalue weighted by Crippen LogP contribution is -2.41. The van der Waals surface area contributed by atoms with Gasteiger partial charge in [-0.1, -0.05) is 42.8 Å². The topological polar surface area (TPSA) is 118 Å². The number of nitrogen functional groups attached to an aromatic ring is 1. The Morgan fingerprint density at radius 2 is 1.79 bits per heavy atom. The summed E-state index contributed by atoms with van der Waals surface area (Å²) < 4.78 is 27.8. The van der Waals surface area contributed by atoms with Gasteiger partial charge < -0.3 is 10.6 Å². The molecule has 9 heteroatoms. The first-order valence-corrected chi connectivity index (χ1v) is 12.6. The van der Waals surface area contributed by atoms with Gasteiger partial charge >= 0.3 is 0 Å². The van der Waals surface area contributed by atoms with E-state index in [1.54, 1.807) is 12.1 Å². The number of hydrogen-bond donors (Lipinski definition) is 2. The third kappa shape index (κ3) is 4.75. The molecular weight excluding hydrogens is 450 g/mol. The number of benzene rings is 1. The van der Waals surface area contributed by atoms with Crippen molar-refractivity contribution < 1.29 is 13.2 Å². The highest BCUT2D eigenvalue weighted by Crippen LogP contribution is 2.38. The van der Waals surface area contributed by atoms with Gasteiger partial charge in [-0.25, -0.2) is 14.7 Å². The normalized spacial score (nSPS) is 17.5. The van der Waals surface area contributed by atoms with E-state index in [1.807, 2.05) is 31.2 Å². The second kappa shape index (κ2) is 8.72. The highest BCUT2D eigenvalue weighted by Gasteiger charge is 2.39. The number of hydrogen-bond acceptors (Lipinski definition) is 7. The van der Waals surface area contributed by atoms with Crippen molar-refractivity contribution in [2.75, 3.05) is 17.2 Å². The van der Waals surface area contributed by atoms with Crippen LogP contribution in [-0.2, 0) is 10.0 Å². The van der Waals surface area contributed by atoms with Crippen LogP contribution >= 0.6 is 0 Å². The fourth-order valence-electron chi connectivity index (χ4n) is 4.49. The third-order valence-electron chi connectivity index (χ3n) is 6.04. The summed E-state index contributed by atoms with van der Waals surface area (Å²) in [7, 11) is -4.21. The van der Waals surface area contributed by atoms with Crippen molar-refractivity contribution >= 4 is 27.6 Å². The van der Waals surface area contributed by atoms with Gasteiger partial charge in [0.15, 0.2) is 5.03 Å². The van der Waals surface area contributed by atoms with Crippen LogP contribution in [0.4, 0.5) is 11.6 Å². The lowest BCUT2D eigenvalue weighted by Gasteiger charge is -2.34. The maximum atomic E-state index is 13.3. The molecule has 0 saturated carbocycles. The molecule has 0 bridgehead atoms. The zero-order chi connectivity index (χ0) is 24.7. The van der Waals surface area contributed by atoms with E-state index in [0.717, 1.165) is 17.5 Å². The Kier molecular flexibility index (Phi) is 6.07. The monoisotopic (exact) mass is 479 g/mol. The molecule has 1 aromatic carbocycles. The Balaban J connectivity index is 1.76. The summed E-state index contributed by atoms with van der Waals surface area (Å²) in [6.45, 7) is 9.08. The van der Waals surface area contributed by atoms with Crippen LogP contribution in [0.3, 0.4) is 0 Å². The van der Waals surface area contributed by atoms with Crippen LogP contribution < -0.4 is 15.4 Å². The molecule has 1 fully saturated rings. The molecule has 1 atom stereocenters. The Hall–Kier alpha value is -3.46. The van der Waals surface area contributed by atoms with E-state index >= 15 is 0 Å². The van der Waals surface area contributed by atoms with E-state index < -0.39 is 15.9 Å². The molecule has 1 amide bonds. The molecule has 0 aliphatic carbocycles. The van der Waals surface area contributed by atoms with Gasteiger partial charge in [-0.2, -0.15) is 8.42 Å². The summed E-state index contributed by atoms with van der Waals surface area (Å²) in [5, 5.41) is -0.318. The van der Waals surface area contributed by atoms with Crippen molar-refractivity contribution in [3.63, 3.8) is 0 Å². The van der Waals surface area contributed by atoms with Crippen molar-refractivity contribution in [1.82, 2.24) is 14.7 Å². The van der Waals surface area contributed by atoms with Crippen LogP contribution in [0.25, 0.3) is 11.3 Å². The second-order valence-corrected chi connectivity index (χ2v) is 11.1. The number of aryl methyl sites for hydroxylation is 1. The first kappa shape index (κ1) is 23.7. The summed E-state index contributed by atoms with van der Waals surface area (Å²) in [5.41, 5.74) is 8.32. The fourth-order valence-corrected chi connectivity index (χ4v) is 5.43. The fraction of sp³-hybridized carbons (Fsp3) is 0.320. The highest BCUT2D eigenvalue weighted by atomic mass is 32.2. The van der Waals surface area contributed by atoms with Gasteiger partial charge in [0.1, 0.15) is 11.6 Å². The quantitative estimate of drug-likeness (QED) is 0.572. The Morgan fingerprint density at radius 1 is 1.09 bits per heavy atom. The van der Waals surface area contributed by atoms with Crippen molar-refractivity contribution in [2.24, 2.45) is 5.92 Å². The van der Waals surface area contributed by atoms with Gasteiger partial charge in [0.05, 0.1) is 11.3 Å². The molecule has 178 valence electrons. The first-order chi connectivity index (χ1) is 16.0. The first-order valence-electron chi connectivity index (χ1n) is 11.1.